The topological polar surface area (TPSA) is 26.3 Å². The van der Waals surface area contributed by atoms with Gasteiger partial charge >= 0.3 is 5.97 Å². The molecule has 0 amide bonds. The van der Waals surface area contributed by atoms with Gasteiger partial charge in [0.05, 0.1) is 5.56 Å². The molecule has 0 unspecified atom stereocenters. The second-order valence-corrected chi connectivity index (χ2v) is 9.28. The molecule has 0 saturated heterocycles. The van der Waals surface area contributed by atoms with Crippen LogP contribution in [-0.2, 0) is 0 Å². The highest BCUT2D eigenvalue weighted by Gasteiger charge is 2.19. The van der Waals surface area contributed by atoms with E-state index in [4.69, 9.17) is 4.74 Å². The minimum absolute atomic E-state index is 0.335. The fraction of sp³-hybridized carbons (Fsp3) is 0. The Kier molecular flexibility index (Phi) is 3.57. The van der Waals surface area contributed by atoms with Crippen LogP contribution >= 0.6 is 0 Å². The zero-order valence-electron chi connectivity index (χ0n) is 18.7. The zero-order valence-corrected chi connectivity index (χ0v) is 18.7. The van der Waals surface area contributed by atoms with E-state index < -0.39 is 0 Å². The second-order valence-electron chi connectivity index (χ2n) is 9.28. The molecule has 0 aliphatic heterocycles. The van der Waals surface area contributed by atoms with Crippen molar-refractivity contribution in [3.05, 3.63) is 115 Å². The fourth-order valence-corrected chi connectivity index (χ4v) is 5.87. The normalized spacial score (nSPS) is 12.1. The molecule has 2 heteroatoms. The predicted molar refractivity (Wildman–Crippen MR) is 145 cm³/mol. The van der Waals surface area contributed by atoms with Crippen LogP contribution in [0.5, 0.6) is 5.75 Å². The molecule has 0 spiro atoms. The van der Waals surface area contributed by atoms with Crippen LogP contribution in [0.2, 0.25) is 0 Å². The van der Waals surface area contributed by atoms with Crippen LogP contribution in [0.3, 0.4) is 0 Å². The minimum Gasteiger partial charge on any atom is -0.422 e. The van der Waals surface area contributed by atoms with E-state index in [1.165, 1.54) is 32.3 Å². The third-order valence-corrected chi connectivity index (χ3v) is 7.44. The summed E-state index contributed by atoms with van der Waals surface area (Å²) >= 11 is 0. The van der Waals surface area contributed by atoms with E-state index in [1.807, 2.05) is 30.3 Å². The van der Waals surface area contributed by atoms with E-state index in [1.54, 1.807) is 0 Å². The van der Waals surface area contributed by atoms with E-state index in [-0.39, 0.29) is 5.97 Å². The number of hydrogen-bond acceptors (Lipinski definition) is 2. The molecular weight excluding hydrogens is 428 g/mol. The van der Waals surface area contributed by atoms with E-state index in [9.17, 15) is 4.79 Å². The Balaban J connectivity index is 1.32. The summed E-state index contributed by atoms with van der Waals surface area (Å²) in [6.45, 7) is 0. The average molecular weight is 447 g/mol. The van der Waals surface area contributed by atoms with Crippen LogP contribution in [0.15, 0.2) is 109 Å². The van der Waals surface area contributed by atoms with Gasteiger partial charge in [-0.3, -0.25) is 0 Å². The van der Waals surface area contributed by atoms with Gasteiger partial charge in [0.1, 0.15) is 5.75 Å². The van der Waals surface area contributed by atoms with Crippen molar-refractivity contribution in [3.63, 3.8) is 0 Å². The Morgan fingerprint density at radius 3 is 1.46 bits per heavy atom. The lowest BCUT2D eigenvalue weighted by molar-refractivity contribution is 0.0739. The lowest BCUT2D eigenvalue weighted by atomic mass is 9.92. The van der Waals surface area contributed by atoms with E-state index in [2.05, 4.69) is 78.9 Å². The molecule has 8 aromatic rings. The molecule has 0 atom stereocenters. The number of rotatable bonds is 2. The zero-order chi connectivity index (χ0) is 23.1. The van der Waals surface area contributed by atoms with Crippen molar-refractivity contribution in [1.82, 2.24) is 0 Å². The van der Waals surface area contributed by atoms with Gasteiger partial charge in [-0.15, -0.1) is 0 Å². The summed E-state index contributed by atoms with van der Waals surface area (Å²) in [5.74, 6) is 0.254. The highest BCUT2D eigenvalue weighted by molar-refractivity contribution is 6.27. The molecule has 162 valence electrons. The third-order valence-electron chi connectivity index (χ3n) is 7.44. The summed E-state index contributed by atoms with van der Waals surface area (Å²) in [6.07, 6.45) is 0. The Labute approximate surface area is 200 Å². The van der Waals surface area contributed by atoms with Gasteiger partial charge in [0.25, 0.3) is 0 Å². The molecule has 35 heavy (non-hydrogen) atoms. The third kappa shape index (κ3) is 2.51. The first kappa shape index (κ1) is 18.7. The van der Waals surface area contributed by atoms with E-state index in [0.717, 1.165) is 32.3 Å². The first-order valence-electron chi connectivity index (χ1n) is 11.8. The van der Waals surface area contributed by atoms with Crippen molar-refractivity contribution in [2.45, 2.75) is 0 Å². The van der Waals surface area contributed by atoms with Gasteiger partial charge in [0.15, 0.2) is 0 Å². The lowest BCUT2D eigenvalue weighted by Gasteiger charge is -2.15. The molecule has 0 radical (unpaired) electrons. The largest absolute Gasteiger partial charge is 0.422 e. The molecule has 0 aromatic heterocycles. The first-order chi connectivity index (χ1) is 17.3. The molecule has 0 aliphatic carbocycles. The van der Waals surface area contributed by atoms with Gasteiger partial charge in [0, 0.05) is 10.8 Å². The van der Waals surface area contributed by atoms with Gasteiger partial charge in [-0.1, -0.05) is 91.0 Å². The number of benzene rings is 8. The number of carbonyl (C=O) groups excluding carboxylic acids is 1. The number of ether oxygens (including phenoxy) is 1. The maximum absolute atomic E-state index is 13.6. The van der Waals surface area contributed by atoms with E-state index >= 15 is 0 Å². The van der Waals surface area contributed by atoms with Crippen LogP contribution in [0.25, 0.3) is 64.6 Å². The smallest absolute Gasteiger partial charge is 0.344 e. The Morgan fingerprint density at radius 2 is 0.857 bits per heavy atom. The predicted octanol–water partition coefficient (Wildman–Crippen LogP) is 8.70. The van der Waals surface area contributed by atoms with Gasteiger partial charge < -0.3 is 4.74 Å². The maximum Gasteiger partial charge on any atom is 0.344 e. The molecule has 0 bridgehead atoms. The molecule has 8 rings (SSSR count). The summed E-state index contributed by atoms with van der Waals surface area (Å²) in [5, 5.41) is 13.6. The van der Waals surface area contributed by atoms with Crippen LogP contribution in [-0.4, -0.2) is 5.97 Å². The summed E-state index contributed by atoms with van der Waals surface area (Å²) in [6, 6.07) is 37.4. The maximum atomic E-state index is 13.6. The van der Waals surface area contributed by atoms with Crippen molar-refractivity contribution in [3.8, 4) is 5.75 Å². The fourth-order valence-electron chi connectivity index (χ4n) is 5.87. The van der Waals surface area contributed by atoms with Crippen LogP contribution < -0.4 is 4.74 Å². The first-order valence-corrected chi connectivity index (χ1v) is 11.8. The van der Waals surface area contributed by atoms with Gasteiger partial charge in [-0.2, -0.15) is 0 Å². The van der Waals surface area contributed by atoms with Gasteiger partial charge in [0.2, 0.25) is 0 Å². The highest BCUT2D eigenvalue weighted by atomic mass is 16.5. The molecule has 2 nitrogen and oxygen atoms in total. The van der Waals surface area contributed by atoms with Crippen LogP contribution in [0.1, 0.15) is 10.4 Å². The molecule has 0 N–H and O–H groups in total. The Hall–Kier alpha value is -4.69. The summed E-state index contributed by atoms with van der Waals surface area (Å²) in [5.41, 5.74) is 0.585. The molecule has 8 aromatic carbocycles. The number of hydrogen-bond donors (Lipinski definition) is 0. The number of carbonyl (C=O) groups is 1. The van der Waals surface area contributed by atoms with Crippen LogP contribution in [0, 0.1) is 0 Å². The molecular formula is C33H18O2. The second kappa shape index (κ2) is 6.68. The Morgan fingerprint density at radius 1 is 0.429 bits per heavy atom. The van der Waals surface area contributed by atoms with E-state index in [0.29, 0.717) is 11.3 Å². The highest BCUT2D eigenvalue weighted by Crippen LogP contribution is 2.40. The van der Waals surface area contributed by atoms with Gasteiger partial charge in [-0.05, 0) is 72.1 Å². The Bertz CT molecular complexity index is 2070. The molecule has 0 saturated carbocycles. The van der Waals surface area contributed by atoms with Crippen molar-refractivity contribution < 1.29 is 9.53 Å². The molecule has 0 fully saturated rings. The SMILES string of the molecule is O=C(Oc1ccc2ccc3cccc4ccc1c2c34)c1ccc2ccc3cccc4ccc1c2c34. The molecule has 0 aliphatic rings. The van der Waals surface area contributed by atoms with Crippen molar-refractivity contribution in [2.75, 3.05) is 0 Å². The lowest BCUT2D eigenvalue weighted by Crippen LogP contribution is -2.09. The standard InChI is InChI=1S/C33H18O2/c34-33(26-16-12-23-9-7-19-3-1-5-21-11-15-25(26)31(23)29(19)21)35-28-18-14-24-10-8-20-4-2-6-22-13-17-27(28)32(24)30(20)22/h1-18H. The summed E-state index contributed by atoms with van der Waals surface area (Å²) in [7, 11) is 0. The molecule has 0 heterocycles. The monoisotopic (exact) mass is 446 g/mol. The van der Waals surface area contributed by atoms with Crippen molar-refractivity contribution in [2.24, 2.45) is 0 Å². The van der Waals surface area contributed by atoms with Crippen molar-refractivity contribution >= 4 is 70.6 Å². The summed E-state index contributed by atoms with van der Waals surface area (Å²) in [4.78, 5) is 13.6. The summed E-state index contributed by atoms with van der Waals surface area (Å²) < 4.78 is 6.11. The average Bonchev–Trinajstić information content (AvgIpc) is 2.91. The quantitative estimate of drug-likeness (QED) is 0.151. The van der Waals surface area contributed by atoms with Crippen molar-refractivity contribution in [1.29, 1.82) is 0 Å². The van der Waals surface area contributed by atoms with Gasteiger partial charge in [-0.25, -0.2) is 4.79 Å². The van der Waals surface area contributed by atoms with Crippen LogP contribution in [0.4, 0.5) is 0 Å². The number of esters is 1. The minimum atomic E-state index is -0.335.